The first-order chi connectivity index (χ1) is 9.08. The lowest BCUT2D eigenvalue weighted by atomic mass is 10.1. The number of H-pyrrole nitrogens is 1. The summed E-state index contributed by atoms with van der Waals surface area (Å²) in [6, 6.07) is 7.98. The highest BCUT2D eigenvalue weighted by molar-refractivity contribution is 5.93. The SMILES string of the molecule is Cc1cc(=O)[nH]c2c1c(-c1ccccc1F)nn2C. The molecule has 5 heteroatoms. The Hall–Kier alpha value is -2.43. The van der Waals surface area contributed by atoms with Crippen LogP contribution in [0.3, 0.4) is 0 Å². The van der Waals surface area contributed by atoms with E-state index in [9.17, 15) is 9.18 Å². The molecule has 0 radical (unpaired) electrons. The van der Waals surface area contributed by atoms with Crippen molar-refractivity contribution >= 4 is 11.0 Å². The van der Waals surface area contributed by atoms with Crippen LogP contribution in [0.2, 0.25) is 0 Å². The minimum Gasteiger partial charge on any atom is -0.307 e. The van der Waals surface area contributed by atoms with Crippen LogP contribution in [-0.2, 0) is 7.05 Å². The van der Waals surface area contributed by atoms with Crippen LogP contribution >= 0.6 is 0 Å². The van der Waals surface area contributed by atoms with E-state index in [1.165, 1.54) is 12.1 Å². The van der Waals surface area contributed by atoms with Crippen molar-refractivity contribution in [1.29, 1.82) is 0 Å². The molecule has 0 saturated carbocycles. The van der Waals surface area contributed by atoms with E-state index in [0.29, 0.717) is 16.9 Å². The molecule has 0 aliphatic heterocycles. The predicted molar refractivity (Wildman–Crippen MR) is 71.5 cm³/mol. The van der Waals surface area contributed by atoms with Crippen LogP contribution in [0.4, 0.5) is 4.39 Å². The van der Waals surface area contributed by atoms with Crippen LogP contribution in [0.1, 0.15) is 5.56 Å². The largest absolute Gasteiger partial charge is 0.307 e. The number of rotatable bonds is 1. The van der Waals surface area contributed by atoms with E-state index < -0.39 is 0 Å². The number of benzene rings is 1. The summed E-state index contributed by atoms with van der Waals surface area (Å²) in [5, 5.41) is 5.10. The lowest BCUT2D eigenvalue weighted by Crippen LogP contribution is -2.06. The topological polar surface area (TPSA) is 50.7 Å². The number of nitrogens with zero attached hydrogens (tertiary/aromatic N) is 2. The Balaban J connectivity index is 2.44. The number of pyridine rings is 1. The first-order valence-electron chi connectivity index (χ1n) is 5.89. The van der Waals surface area contributed by atoms with Gasteiger partial charge in [0.25, 0.3) is 0 Å². The number of hydrogen-bond donors (Lipinski definition) is 1. The highest BCUT2D eigenvalue weighted by Crippen LogP contribution is 2.29. The van der Waals surface area contributed by atoms with Gasteiger partial charge in [0.2, 0.25) is 5.56 Å². The third-order valence-electron chi connectivity index (χ3n) is 3.16. The zero-order valence-electron chi connectivity index (χ0n) is 10.6. The zero-order valence-corrected chi connectivity index (χ0v) is 10.6. The average molecular weight is 257 g/mol. The molecule has 0 fully saturated rings. The lowest BCUT2D eigenvalue weighted by Gasteiger charge is -2.01. The number of halogens is 1. The van der Waals surface area contributed by atoms with Crippen molar-refractivity contribution in [2.45, 2.75) is 6.92 Å². The van der Waals surface area contributed by atoms with Crippen LogP contribution in [0.15, 0.2) is 35.1 Å². The normalized spacial score (nSPS) is 11.1. The average Bonchev–Trinajstić information content (AvgIpc) is 2.67. The van der Waals surface area contributed by atoms with Gasteiger partial charge in [-0.3, -0.25) is 9.48 Å². The van der Waals surface area contributed by atoms with E-state index in [4.69, 9.17) is 0 Å². The maximum absolute atomic E-state index is 13.9. The Bertz CT molecular complexity index is 832. The van der Waals surface area contributed by atoms with E-state index in [-0.39, 0.29) is 11.4 Å². The van der Waals surface area contributed by atoms with Crippen molar-refractivity contribution in [3.05, 3.63) is 52.1 Å². The maximum atomic E-state index is 13.9. The van der Waals surface area contributed by atoms with Gasteiger partial charge in [-0.1, -0.05) is 12.1 Å². The fourth-order valence-corrected chi connectivity index (χ4v) is 2.30. The van der Waals surface area contributed by atoms with Crippen LogP contribution in [0.5, 0.6) is 0 Å². The van der Waals surface area contributed by atoms with Crippen molar-refractivity contribution in [2.75, 3.05) is 0 Å². The predicted octanol–water partition coefficient (Wildman–Crippen LogP) is 2.38. The highest BCUT2D eigenvalue weighted by Gasteiger charge is 2.16. The minimum atomic E-state index is -0.326. The van der Waals surface area contributed by atoms with Gasteiger partial charge in [0, 0.05) is 24.1 Å². The van der Waals surface area contributed by atoms with Crippen LogP contribution in [-0.4, -0.2) is 14.8 Å². The first-order valence-corrected chi connectivity index (χ1v) is 5.89. The molecule has 1 N–H and O–H groups in total. The van der Waals surface area contributed by atoms with Gasteiger partial charge in [-0.25, -0.2) is 4.39 Å². The molecule has 19 heavy (non-hydrogen) atoms. The smallest absolute Gasteiger partial charge is 0.249 e. The molecule has 0 amide bonds. The van der Waals surface area contributed by atoms with Crippen LogP contribution < -0.4 is 5.56 Å². The van der Waals surface area contributed by atoms with Crippen molar-refractivity contribution < 1.29 is 4.39 Å². The summed E-state index contributed by atoms with van der Waals surface area (Å²) in [6.45, 7) is 1.82. The second-order valence-corrected chi connectivity index (χ2v) is 4.49. The second kappa shape index (κ2) is 4.05. The van der Waals surface area contributed by atoms with Gasteiger partial charge in [0.15, 0.2) is 0 Å². The number of aromatic amines is 1. The van der Waals surface area contributed by atoms with E-state index in [0.717, 1.165) is 10.9 Å². The summed E-state index contributed by atoms with van der Waals surface area (Å²) < 4.78 is 15.5. The standard InChI is InChI=1S/C14H12FN3O/c1-8-7-11(19)16-14-12(8)13(17-18(14)2)9-5-3-4-6-10(9)15/h3-7H,1-2H3,(H,16,19). The zero-order chi connectivity index (χ0) is 13.6. The van der Waals surface area contributed by atoms with Gasteiger partial charge in [-0.2, -0.15) is 5.10 Å². The Kier molecular flexibility index (Phi) is 2.48. The molecule has 3 aromatic rings. The molecule has 0 bridgehead atoms. The molecule has 1 aromatic carbocycles. The summed E-state index contributed by atoms with van der Waals surface area (Å²) in [5.41, 5.74) is 2.18. The second-order valence-electron chi connectivity index (χ2n) is 4.49. The van der Waals surface area contributed by atoms with E-state index >= 15 is 0 Å². The molecule has 0 atom stereocenters. The van der Waals surface area contributed by atoms with Crippen molar-refractivity contribution in [3.63, 3.8) is 0 Å². The lowest BCUT2D eigenvalue weighted by molar-refractivity contribution is 0.630. The summed E-state index contributed by atoms with van der Waals surface area (Å²) in [4.78, 5) is 14.2. The maximum Gasteiger partial charge on any atom is 0.249 e. The Morgan fingerprint density at radius 3 is 2.79 bits per heavy atom. The Labute approximate surface area is 108 Å². The van der Waals surface area contributed by atoms with Gasteiger partial charge in [-0.05, 0) is 24.6 Å². The Morgan fingerprint density at radius 2 is 2.05 bits per heavy atom. The molecule has 2 heterocycles. The molecule has 0 spiro atoms. The van der Waals surface area contributed by atoms with Crippen molar-refractivity contribution in [1.82, 2.24) is 14.8 Å². The van der Waals surface area contributed by atoms with Crippen molar-refractivity contribution in [2.24, 2.45) is 7.05 Å². The number of hydrogen-bond acceptors (Lipinski definition) is 2. The molecule has 96 valence electrons. The summed E-state index contributed by atoms with van der Waals surface area (Å²) in [6.07, 6.45) is 0. The van der Waals surface area contributed by atoms with Crippen molar-refractivity contribution in [3.8, 4) is 11.3 Å². The number of aromatic nitrogens is 3. The summed E-state index contributed by atoms with van der Waals surface area (Å²) >= 11 is 0. The molecule has 0 aliphatic rings. The molecule has 0 aliphatic carbocycles. The third kappa shape index (κ3) is 1.74. The van der Waals surface area contributed by atoms with E-state index in [2.05, 4.69) is 10.1 Å². The van der Waals surface area contributed by atoms with Gasteiger partial charge in [0.05, 0.1) is 0 Å². The molecular weight excluding hydrogens is 245 g/mol. The van der Waals surface area contributed by atoms with Gasteiger partial charge < -0.3 is 4.98 Å². The molecule has 4 nitrogen and oxygen atoms in total. The molecule has 3 rings (SSSR count). The monoisotopic (exact) mass is 257 g/mol. The Morgan fingerprint density at radius 1 is 1.32 bits per heavy atom. The minimum absolute atomic E-state index is 0.187. The number of fused-ring (bicyclic) bond motifs is 1. The van der Waals surface area contributed by atoms with Gasteiger partial charge in [-0.15, -0.1) is 0 Å². The quantitative estimate of drug-likeness (QED) is 0.727. The third-order valence-corrected chi connectivity index (χ3v) is 3.16. The highest BCUT2D eigenvalue weighted by atomic mass is 19.1. The molecule has 0 unspecified atom stereocenters. The number of nitrogens with one attached hydrogen (secondary N) is 1. The molecule has 2 aromatic heterocycles. The molecular formula is C14H12FN3O. The number of aryl methyl sites for hydroxylation is 2. The van der Waals surface area contributed by atoms with E-state index in [1.54, 1.807) is 29.9 Å². The van der Waals surface area contributed by atoms with Gasteiger partial charge >= 0.3 is 0 Å². The fourth-order valence-electron chi connectivity index (χ4n) is 2.30. The van der Waals surface area contributed by atoms with Crippen LogP contribution in [0, 0.1) is 12.7 Å². The summed E-state index contributed by atoms with van der Waals surface area (Å²) in [7, 11) is 1.72. The van der Waals surface area contributed by atoms with E-state index in [1.807, 2.05) is 6.92 Å². The fraction of sp³-hybridized carbons (Fsp3) is 0.143. The summed E-state index contributed by atoms with van der Waals surface area (Å²) in [5.74, 6) is -0.326. The molecule has 0 saturated heterocycles. The first kappa shape index (κ1) is 11.6. The van der Waals surface area contributed by atoms with Crippen LogP contribution in [0.25, 0.3) is 22.3 Å². The van der Waals surface area contributed by atoms with Gasteiger partial charge in [0.1, 0.15) is 17.2 Å².